The van der Waals surface area contributed by atoms with E-state index < -0.39 is 46.5 Å². The van der Waals surface area contributed by atoms with Gasteiger partial charge in [-0.3, -0.25) is 13.9 Å². The lowest BCUT2D eigenvalue weighted by molar-refractivity contribution is -0.146. The number of carbonyl (C=O) groups excluding carboxylic acids is 1. The second-order valence-electron chi connectivity index (χ2n) is 13.0. The largest absolute Gasteiger partial charge is 0.460 e. The van der Waals surface area contributed by atoms with E-state index in [1.165, 1.54) is 6.33 Å². The molecule has 5 rings (SSSR count). The van der Waals surface area contributed by atoms with Crippen molar-refractivity contribution >= 4 is 39.0 Å². The first kappa shape index (κ1) is 34.7. The third kappa shape index (κ3) is 8.45. The summed E-state index contributed by atoms with van der Waals surface area (Å²) >= 11 is 0. The van der Waals surface area contributed by atoms with E-state index in [1.807, 2.05) is 36.4 Å². The lowest BCUT2D eigenvalue weighted by atomic mass is 10.2. The second-order valence-corrected chi connectivity index (χ2v) is 19.5. The molecule has 3 N–H and O–H groups in total. The standard InChI is InChI=1S/C32H43N6O7PSi/c1-22(31(39)41-18-23-13-9-7-10-14-23)37-46(40,44-24-15-11-8-12-16-24)42-19-25-17-26(45-47(5,6)32(2,3)4)30(43-25)38-21-36-27-28(33)34-20-35-29(27)38/h7-16,20-22,25-26,30H,17-19H2,1-6H3,(H,37,40)(H2,33,34,35)/t22-,25-,26+,30+,46-/m0/s1. The number of fused-ring (bicyclic) bond motifs is 1. The Balaban J connectivity index is 1.34. The van der Waals surface area contributed by atoms with Crippen LogP contribution in [0.4, 0.5) is 5.82 Å². The molecule has 1 aliphatic rings. The number of hydrogen-bond acceptors (Lipinski definition) is 11. The van der Waals surface area contributed by atoms with Gasteiger partial charge in [0.2, 0.25) is 0 Å². The number of ether oxygens (including phenoxy) is 2. The quantitative estimate of drug-likeness (QED) is 0.0961. The molecular weight excluding hydrogens is 639 g/mol. The summed E-state index contributed by atoms with van der Waals surface area (Å²) in [6.07, 6.45) is 1.85. The molecule has 5 atom stereocenters. The minimum atomic E-state index is -4.13. The Morgan fingerprint density at radius 3 is 2.47 bits per heavy atom. The van der Waals surface area contributed by atoms with Crippen LogP contribution in [0.3, 0.4) is 0 Å². The number of hydrogen-bond donors (Lipinski definition) is 2. The number of rotatable bonds is 13. The van der Waals surface area contributed by atoms with E-state index in [9.17, 15) is 9.36 Å². The van der Waals surface area contributed by atoms with E-state index in [1.54, 1.807) is 42.1 Å². The normalized spacial score (nSPS) is 20.5. The second kappa shape index (κ2) is 14.2. The highest BCUT2D eigenvalue weighted by atomic mass is 31.2. The maximum atomic E-state index is 14.2. The molecular formula is C32H43N6O7PSi. The molecule has 0 unspecified atom stereocenters. The van der Waals surface area contributed by atoms with Crippen LogP contribution in [0.1, 0.15) is 45.9 Å². The molecule has 1 fully saturated rings. The van der Waals surface area contributed by atoms with Crippen LogP contribution in [0.5, 0.6) is 5.75 Å². The van der Waals surface area contributed by atoms with E-state index in [0.29, 0.717) is 23.3 Å². The first-order chi connectivity index (χ1) is 22.2. The van der Waals surface area contributed by atoms with Gasteiger partial charge in [-0.1, -0.05) is 69.3 Å². The van der Waals surface area contributed by atoms with Crippen molar-refractivity contribution in [3.8, 4) is 5.75 Å². The number of nitrogens with two attached hydrogens (primary N) is 1. The smallest absolute Gasteiger partial charge is 0.459 e. The summed E-state index contributed by atoms with van der Waals surface area (Å²) in [5.74, 6) is -0.0442. The Labute approximate surface area is 275 Å². The maximum Gasteiger partial charge on any atom is 0.459 e. The van der Waals surface area contributed by atoms with Gasteiger partial charge in [0.05, 0.1) is 25.1 Å². The fourth-order valence-corrected chi connectivity index (χ4v) is 7.67. The molecule has 0 amide bonds. The third-order valence-corrected chi connectivity index (χ3v) is 14.5. The molecule has 1 saturated heterocycles. The van der Waals surface area contributed by atoms with Crippen molar-refractivity contribution in [2.75, 3.05) is 12.3 Å². The molecule has 15 heteroatoms. The molecule has 0 saturated carbocycles. The number of nitrogens with one attached hydrogen (secondary N) is 1. The number of carbonyl (C=O) groups is 1. The molecule has 3 heterocycles. The van der Waals surface area contributed by atoms with Crippen LogP contribution in [0.25, 0.3) is 11.2 Å². The minimum absolute atomic E-state index is 0.0653. The zero-order chi connectivity index (χ0) is 33.8. The molecule has 2 aromatic heterocycles. The maximum absolute atomic E-state index is 14.2. The first-order valence-corrected chi connectivity index (χ1v) is 19.9. The number of anilines is 1. The van der Waals surface area contributed by atoms with Crippen LogP contribution < -0.4 is 15.3 Å². The van der Waals surface area contributed by atoms with E-state index in [4.69, 9.17) is 28.7 Å². The highest BCUT2D eigenvalue weighted by molar-refractivity contribution is 7.52. The zero-order valence-corrected chi connectivity index (χ0v) is 29.4. The Bertz CT molecular complexity index is 1700. The first-order valence-electron chi connectivity index (χ1n) is 15.5. The van der Waals surface area contributed by atoms with Gasteiger partial charge < -0.3 is 24.2 Å². The van der Waals surface area contributed by atoms with Gasteiger partial charge in [-0.05, 0) is 42.8 Å². The summed E-state index contributed by atoms with van der Waals surface area (Å²) in [6, 6.07) is 16.9. The van der Waals surface area contributed by atoms with Crippen LogP contribution in [0.15, 0.2) is 73.3 Å². The van der Waals surface area contributed by atoms with Gasteiger partial charge in [0.1, 0.15) is 30.2 Å². The number of imidazole rings is 1. The number of nitrogens with zero attached hydrogens (tertiary/aromatic N) is 4. The monoisotopic (exact) mass is 682 g/mol. The molecule has 0 aliphatic carbocycles. The number of esters is 1. The average Bonchev–Trinajstić information content (AvgIpc) is 3.63. The van der Waals surface area contributed by atoms with Crippen molar-refractivity contribution in [2.45, 2.75) is 83.3 Å². The molecule has 4 aromatic rings. The molecule has 47 heavy (non-hydrogen) atoms. The van der Waals surface area contributed by atoms with Gasteiger partial charge in [0, 0.05) is 6.42 Å². The highest BCUT2D eigenvalue weighted by Crippen LogP contribution is 2.47. The highest BCUT2D eigenvalue weighted by Gasteiger charge is 2.46. The van der Waals surface area contributed by atoms with Crippen molar-refractivity contribution in [1.82, 2.24) is 24.6 Å². The fraction of sp³-hybridized carbons (Fsp3) is 0.438. The van der Waals surface area contributed by atoms with Gasteiger partial charge >= 0.3 is 13.7 Å². The van der Waals surface area contributed by atoms with E-state index in [2.05, 4.69) is 53.9 Å². The minimum Gasteiger partial charge on any atom is -0.460 e. The van der Waals surface area contributed by atoms with Crippen molar-refractivity contribution in [3.05, 3.63) is 78.9 Å². The summed E-state index contributed by atoms with van der Waals surface area (Å²) in [4.78, 5) is 25.8. The number of benzene rings is 2. The van der Waals surface area contributed by atoms with Gasteiger partial charge in [0.25, 0.3) is 0 Å². The summed E-state index contributed by atoms with van der Waals surface area (Å²) in [5.41, 5.74) is 7.86. The molecule has 13 nitrogen and oxygen atoms in total. The SMILES string of the molecule is C[C@H](N[P@](=O)(OC[C@@H]1C[C@@H](O[Si](C)(C)C(C)(C)C)[C@H](n2cnc3c(N)ncnc32)O1)Oc1ccccc1)C(=O)OCc1ccccc1. The molecule has 1 aliphatic heterocycles. The Hall–Kier alpha value is -3.65. The predicted molar refractivity (Wildman–Crippen MR) is 180 cm³/mol. The summed E-state index contributed by atoms with van der Waals surface area (Å²) in [6.45, 7) is 12.3. The van der Waals surface area contributed by atoms with Crippen molar-refractivity contribution in [1.29, 1.82) is 0 Å². The summed E-state index contributed by atoms with van der Waals surface area (Å²) < 4.78 is 46.7. The molecule has 252 valence electrons. The molecule has 0 spiro atoms. The molecule has 0 bridgehead atoms. The number of para-hydroxylation sites is 1. The van der Waals surface area contributed by atoms with Crippen LogP contribution in [0.2, 0.25) is 18.1 Å². The van der Waals surface area contributed by atoms with Gasteiger partial charge in [-0.25, -0.2) is 19.5 Å². The molecule has 0 radical (unpaired) electrons. The van der Waals surface area contributed by atoms with Crippen LogP contribution in [-0.4, -0.2) is 58.7 Å². The zero-order valence-electron chi connectivity index (χ0n) is 27.5. The van der Waals surface area contributed by atoms with Gasteiger partial charge in [-0.2, -0.15) is 5.09 Å². The van der Waals surface area contributed by atoms with Crippen LogP contribution >= 0.6 is 7.75 Å². The fourth-order valence-electron chi connectivity index (χ4n) is 4.82. The van der Waals surface area contributed by atoms with Crippen molar-refractivity contribution < 1.29 is 32.3 Å². The Morgan fingerprint density at radius 2 is 1.79 bits per heavy atom. The lowest BCUT2D eigenvalue weighted by Crippen LogP contribution is -2.45. The average molecular weight is 683 g/mol. The Kier molecular flexibility index (Phi) is 10.5. The number of nitrogen functional groups attached to an aromatic ring is 1. The van der Waals surface area contributed by atoms with E-state index in [0.717, 1.165) is 5.56 Å². The van der Waals surface area contributed by atoms with Gasteiger partial charge in [-0.15, -0.1) is 0 Å². The van der Waals surface area contributed by atoms with E-state index in [-0.39, 0.29) is 24.1 Å². The Morgan fingerprint density at radius 1 is 1.11 bits per heavy atom. The topological polar surface area (TPSA) is 162 Å². The van der Waals surface area contributed by atoms with Gasteiger partial charge in [0.15, 0.2) is 26.0 Å². The predicted octanol–water partition coefficient (Wildman–Crippen LogP) is 6.01. The third-order valence-electron chi connectivity index (χ3n) is 8.39. The van der Waals surface area contributed by atoms with Crippen LogP contribution in [-0.2, 0) is 34.4 Å². The summed E-state index contributed by atoms with van der Waals surface area (Å²) in [5, 5.41) is 2.69. The van der Waals surface area contributed by atoms with Crippen molar-refractivity contribution in [3.63, 3.8) is 0 Å². The van der Waals surface area contributed by atoms with Crippen LogP contribution in [0, 0.1) is 0 Å². The lowest BCUT2D eigenvalue weighted by Gasteiger charge is -2.39. The molecule has 2 aromatic carbocycles. The number of aromatic nitrogens is 4. The van der Waals surface area contributed by atoms with Crippen molar-refractivity contribution in [2.24, 2.45) is 0 Å². The summed E-state index contributed by atoms with van der Waals surface area (Å²) in [7, 11) is -6.40. The van der Waals surface area contributed by atoms with E-state index >= 15 is 0 Å².